The lowest BCUT2D eigenvalue weighted by atomic mass is 10.3. The van der Waals surface area contributed by atoms with Gasteiger partial charge >= 0.3 is 17.9 Å². The van der Waals surface area contributed by atoms with Crippen molar-refractivity contribution in [1.29, 1.82) is 0 Å². The minimum atomic E-state index is -1.08. The quantitative estimate of drug-likeness (QED) is 0.594. The summed E-state index contributed by atoms with van der Waals surface area (Å²) in [5.74, 6) is -2.90. The summed E-state index contributed by atoms with van der Waals surface area (Å²) in [7, 11) is 0. The van der Waals surface area contributed by atoms with Crippen LogP contribution in [0.15, 0.2) is 0 Å². The molecule has 0 aromatic rings. The van der Waals surface area contributed by atoms with Gasteiger partial charge in [-0.25, -0.2) is 0 Å². The lowest BCUT2D eigenvalue weighted by molar-refractivity contribution is -0.143. The SMILES string of the molecule is CCC(=O)O.O=C(O)CCC(=O)O. The Labute approximate surface area is 74.8 Å². The van der Waals surface area contributed by atoms with Gasteiger partial charge in [0.05, 0.1) is 12.8 Å². The molecule has 3 N–H and O–H groups in total. The second kappa shape index (κ2) is 8.51. The van der Waals surface area contributed by atoms with Gasteiger partial charge in [-0.15, -0.1) is 0 Å². The van der Waals surface area contributed by atoms with E-state index >= 15 is 0 Å². The first-order chi connectivity index (χ1) is 5.90. The molecule has 6 heteroatoms. The Morgan fingerprint density at radius 3 is 1.15 bits per heavy atom. The maximum absolute atomic E-state index is 9.64. The van der Waals surface area contributed by atoms with Crippen LogP contribution in [0.3, 0.4) is 0 Å². The van der Waals surface area contributed by atoms with Crippen molar-refractivity contribution in [2.45, 2.75) is 26.2 Å². The number of rotatable bonds is 4. The van der Waals surface area contributed by atoms with Crippen molar-refractivity contribution in [3.63, 3.8) is 0 Å². The van der Waals surface area contributed by atoms with E-state index < -0.39 is 17.9 Å². The summed E-state index contributed by atoms with van der Waals surface area (Å²) in [6.07, 6.45) is -0.370. The molecule has 0 bridgehead atoms. The number of hydrogen-bond donors (Lipinski definition) is 3. The third-order valence-corrected chi connectivity index (χ3v) is 0.855. The molecule has 0 heterocycles. The van der Waals surface area contributed by atoms with Gasteiger partial charge in [-0.05, 0) is 0 Å². The number of hydrogen-bond acceptors (Lipinski definition) is 3. The van der Waals surface area contributed by atoms with Crippen LogP contribution in [0.5, 0.6) is 0 Å². The maximum Gasteiger partial charge on any atom is 0.303 e. The normalized spacial score (nSPS) is 8.08. The van der Waals surface area contributed by atoms with Crippen LogP contribution in [0.4, 0.5) is 0 Å². The lowest BCUT2D eigenvalue weighted by Crippen LogP contribution is -2.00. The minimum Gasteiger partial charge on any atom is -0.481 e. The molecule has 6 nitrogen and oxygen atoms in total. The van der Waals surface area contributed by atoms with Gasteiger partial charge in [-0.1, -0.05) is 6.92 Å². The first-order valence-electron chi connectivity index (χ1n) is 3.55. The van der Waals surface area contributed by atoms with Crippen molar-refractivity contribution >= 4 is 17.9 Å². The maximum atomic E-state index is 9.64. The summed E-state index contributed by atoms with van der Waals surface area (Å²) in [6, 6.07) is 0. The van der Waals surface area contributed by atoms with Crippen molar-refractivity contribution in [3.05, 3.63) is 0 Å². The zero-order chi connectivity index (χ0) is 10.9. The van der Waals surface area contributed by atoms with Gasteiger partial charge < -0.3 is 15.3 Å². The Bertz CT molecular complexity index is 171. The smallest absolute Gasteiger partial charge is 0.303 e. The molecular weight excluding hydrogens is 180 g/mol. The van der Waals surface area contributed by atoms with Crippen LogP contribution >= 0.6 is 0 Å². The highest BCUT2D eigenvalue weighted by Crippen LogP contribution is 1.86. The molecule has 0 saturated carbocycles. The van der Waals surface area contributed by atoms with E-state index in [4.69, 9.17) is 15.3 Å². The Morgan fingerprint density at radius 2 is 1.08 bits per heavy atom. The predicted molar refractivity (Wildman–Crippen MR) is 42.4 cm³/mol. The largest absolute Gasteiger partial charge is 0.481 e. The molecule has 0 radical (unpaired) electrons. The van der Waals surface area contributed by atoms with Gasteiger partial charge in [0.2, 0.25) is 0 Å². The van der Waals surface area contributed by atoms with Crippen LogP contribution in [0.25, 0.3) is 0 Å². The highest BCUT2D eigenvalue weighted by atomic mass is 16.4. The van der Waals surface area contributed by atoms with Gasteiger partial charge in [0, 0.05) is 6.42 Å². The van der Waals surface area contributed by atoms with Gasteiger partial charge in [0.15, 0.2) is 0 Å². The molecule has 0 aromatic heterocycles. The van der Waals surface area contributed by atoms with E-state index in [0.29, 0.717) is 0 Å². The fourth-order valence-electron chi connectivity index (χ4n) is 0.214. The second-order valence-electron chi connectivity index (χ2n) is 2.03. The number of carboxylic acid groups (broad SMARTS) is 3. The van der Waals surface area contributed by atoms with Crippen molar-refractivity contribution in [2.75, 3.05) is 0 Å². The van der Waals surface area contributed by atoms with Crippen LogP contribution in [0.1, 0.15) is 26.2 Å². The predicted octanol–water partition coefficient (Wildman–Crippen LogP) is 0.417. The number of carbonyl (C=O) groups is 3. The zero-order valence-electron chi connectivity index (χ0n) is 7.19. The second-order valence-corrected chi connectivity index (χ2v) is 2.03. The monoisotopic (exact) mass is 192 g/mol. The Balaban J connectivity index is 0. The number of aliphatic carboxylic acids is 3. The molecule has 0 rings (SSSR count). The molecular formula is C7H12O6. The topological polar surface area (TPSA) is 112 Å². The summed E-state index contributed by atoms with van der Waals surface area (Å²) < 4.78 is 0. The molecule has 0 saturated heterocycles. The van der Waals surface area contributed by atoms with E-state index in [1.807, 2.05) is 0 Å². The highest BCUT2D eigenvalue weighted by Gasteiger charge is 2.00. The van der Waals surface area contributed by atoms with E-state index in [0.717, 1.165) is 0 Å². The molecule has 0 aliphatic carbocycles. The van der Waals surface area contributed by atoms with Crippen molar-refractivity contribution in [2.24, 2.45) is 0 Å². The molecule has 0 aliphatic heterocycles. The molecule has 0 unspecified atom stereocenters. The van der Waals surface area contributed by atoms with Crippen LogP contribution in [0, 0.1) is 0 Å². The molecule has 76 valence electrons. The molecule has 0 spiro atoms. The molecule has 0 aromatic carbocycles. The van der Waals surface area contributed by atoms with Gasteiger partial charge in [-0.3, -0.25) is 14.4 Å². The Hall–Kier alpha value is -1.59. The van der Waals surface area contributed by atoms with Gasteiger partial charge in [0.1, 0.15) is 0 Å². The average molecular weight is 192 g/mol. The molecule has 0 fully saturated rings. The lowest BCUT2D eigenvalue weighted by Gasteiger charge is -1.85. The third-order valence-electron chi connectivity index (χ3n) is 0.855. The van der Waals surface area contributed by atoms with E-state index in [2.05, 4.69) is 0 Å². The van der Waals surface area contributed by atoms with E-state index in [1.54, 1.807) is 6.92 Å². The van der Waals surface area contributed by atoms with Crippen LogP contribution in [-0.4, -0.2) is 33.2 Å². The minimum absolute atomic E-state index is 0.222. The summed E-state index contributed by atoms with van der Waals surface area (Å²) in [6.45, 7) is 1.60. The van der Waals surface area contributed by atoms with Crippen LogP contribution in [0.2, 0.25) is 0 Å². The van der Waals surface area contributed by atoms with Crippen LogP contribution < -0.4 is 0 Å². The third kappa shape index (κ3) is 25.2. The molecule has 13 heavy (non-hydrogen) atoms. The molecule has 0 atom stereocenters. The molecule has 0 amide bonds. The number of carboxylic acids is 3. The van der Waals surface area contributed by atoms with Gasteiger partial charge in [0.25, 0.3) is 0 Å². The first-order valence-corrected chi connectivity index (χ1v) is 3.55. The summed E-state index contributed by atoms with van der Waals surface area (Å²) in [5, 5.41) is 23.5. The summed E-state index contributed by atoms with van der Waals surface area (Å²) in [5.41, 5.74) is 0. The fraction of sp³-hybridized carbons (Fsp3) is 0.571. The standard InChI is InChI=1S/C4H6O4.C3H6O2/c5-3(6)1-2-4(7)8;1-2-3(4)5/h1-2H2,(H,5,6)(H,7,8);2H2,1H3,(H,4,5). The summed E-state index contributed by atoms with van der Waals surface area (Å²) >= 11 is 0. The van der Waals surface area contributed by atoms with Crippen molar-refractivity contribution in [3.8, 4) is 0 Å². The summed E-state index contributed by atoms with van der Waals surface area (Å²) in [4.78, 5) is 28.6. The molecule has 0 aliphatic rings. The van der Waals surface area contributed by atoms with Gasteiger partial charge in [-0.2, -0.15) is 0 Å². The van der Waals surface area contributed by atoms with E-state index in [9.17, 15) is 14.4 Å². The Kier molecular flexibility index (Phi) is 9.14. The van der Waals surface area contributed by atoms with Crippen LogP contribution in [-0.2, 0) is 14.4 Å². The van der Waals surface area contributed by atoms with E-state index in [-0.39, 0.29) is 19.3 Å². The van der Waals surface area contributed by atoms with Crippen molar-refractivity contribution in [1.82, 2.24) is 0 Å². The average Bonchev–Trinajstić information content (AvgIpc) is 2.02. The highest BCUT2D eigenvalue weighted by molar-refractivity contribution is 5.75. The van der Waals surface area contributed by atoms with Crippen molar-refractivity contribution < 1.29 is 29.7 Å². The Morgan fingerprint density at radius 1 is 0.846 bits per heavy atom. The fourth-order valence-corrected chi connectivity index (χ4v) is 0.214. The van der Waals surface area contributed by atoms with E-state index in [1.165, 1.54) is 0 Å². The first kappa shape index (κ1) is 14.0. The zero-order valence-corrected chi connectivity index (χ0v) is 7.19.